The molecule has 0 radical (unpaired) electrons. The van der Waals surface area contributed by atoms with Crippen LogP contribution in [0.2, 0.25) is 0 Å². The Hall–Kier alpha value is -1.49. The minimum atomic E-state index is 0.245. The zero-order valence-corrected chi connectivity index (χ0v) is 9.24. The van der Waals surface area contributed by atoms with Gasteiger partial charge in [0.15, 0.2) is 0 Å². The minimum absolute atomic E-state index is 0.245. The molecule has 0 amide bonds. The van der Waals surface area contributed by atoms with Gasteiger partial charge in [-0.3, -0.25) is 0 Å². The number of aromatic nitrogens is 4. The summed E-state index contributed by atoms with van der Waals surface area (Å²) in [4.78, 5) is 0. The van der Waals surface area contributed by atoms with Gasteiger partial charge in [0.1, 0.15) is 0 Å². The maximum absolute atomic E-state index is 5.04. The normalized spacial score (nSPS) is 12.6. The van der Waals surface area contributed by atoms with E-state index >= 15 is 0 Å². The van der Waals surface area contributed by atoms with E-state index in [4.69, 9.17) is 12.2 Å². The van der Waals surface area contributed by atoms with Crippen LogP contribution in [0.1, 0.15) is 18.5 Å². The van der Waals surface area contributed by atoms with E-state index in [1.807, 2.05) is 18.2 Å². The van der Waals surface area contributed by atoms with E-state index in [0.717, 1.165) is 6.42 Å². The lowest BCUT2D eigenvalue weighted by molar-refractivity contribution is 0.469. The first-order chi connectivity index (χ1) is 7.27. The highest BCUT2D eigenvalue weighted by Crippen LogP contribution is 2.11. The molecular weight excluding hydrogens is 208 g/mol. The van der Waals surface area contributed by atoms with Crippen molar-refractivity contribution in [3.8, 4) is 0 Å². The molecule has 2 aromatic rings. The van der Waals surface area contributed by atoms with Gasteiger partial charge in [-0.25, -0.2) is 4.68 Å². The number of tetrazole rings is 1. The molecule has 1 N–H and O–H groups in total. The number of nitrogens with one attached hydrogen (secondary N) is 1. The van der Waals surface area contributed by atoms with Gasteiger partial charge in [0.05, 0.1) is 6.04 Å². The van der Waals surface area contributed by atoms with Gasteiger partial charge in [-0.05, 0) is 31.1 Å². The van der Waals surface area contributed by atoms with Crippen LogP contribution in [0.5, 0.6) is 0 Å². The van der Waals surface area contributed by atoms with E-state index in [1.165, 1.54) is 5.56 Å². The summed E-state index contributed by atoms with van der Waals surface area (Å²) in [7, 11) is 0. The Labute approximate surface area is 92.9 Å². The Kier molecular flexibility index (Phi) is 2.91. The molecule has 2 rings (SSSR count). The molecule has 0 aliphatic heterocycles. The molecule has 5 heteroatoms. The van der Waals surface area contributed by atoms with Crippen molar-refractivity contribution >= 4 is 12.2 Å². The summed E-state index contributed by atoms with van der Waals surface area (Å²) in [6.07, 6.45) is 0.916. The molecule has 0 aliphatic carbocycles. The van der Waals surface area contributed by atoms with Gasteiger partial charge in [-0.15, -0.1) is 0 Å². The molecule has 15 heavy (non-hydrogen) atoms. The Morgan fingerprint density at radius 2 is 2.13 bits per heavy atom. The van der Waals surface area contributed by atoms with Crippen LogP contribution < -0.4 is 0 Å². The van der Waals surface area contributed by atoms with Crippen molar-refractivity contribution in [3.63, 3.8) is 0 Å². The average Bonchev–Trinajstić information content (AvgIpc) is 2.66. The Balaban J connectivity index is 2.14. The number of nitrogens with zero attached hydrogens (tertiary/aromatic N) is 3. The summed E-state index contributed by atoms with van der Waals surface area (Å²) in [5.74, 6) is 0. The molecule has 0 saturated heterocycles. The highest BCUT2D eigenvalue weighted by Gasteiger charge is 2.07. The van der Waals surface area contributed by atoms with E-state index in [9.17, 15) is 0 Å². The first-order valence-corrected chi connectivity index (χ1v) is 5.21. The first kappa shape index (κ1) is 10.0. The van der Waals surface area contributed by atoms with E-state index in [0.29, 0.717) is 4.77 Å². The van der Waals surface area contributed by atoms with Crippen LogP contribution in [0.25, 0.3) is 0 Å². The number of H-pyrrole nitrogens is 1. The van der Waals surface area contributed by atoms with Crippen molar-refractivity contribution in [2.45, 2.75) is 19.4 Å². The molecule has 1 unspecified atom stereocenters. The highest BCUT2D eigenvalue weighted by molar-refractivity contribution is 7.71. The first-order valence-electron chi connectivity index (χ1n) is 4.81. The third kappa shape index (κ3) is 2.30. The summed E-state index contributed by atoms with van der Waals surface area (Å²) < 4.78 is 2.29. The second kappa shape index (κ2) is 4.35. The lowest BCUT2D eigenvalue weighted by Gasteiger charge is -2.11. The van der Waals surface area contributed by atoms with E-state index in [2.05, 4.69) is 34.6 Å². The quantitative estimate of drug-likeness (QED) is 0.806. The molecule has 1 aromatic carbocycles. The van der Waals surface area contributed by atoms with Crippen LogP contribution in [0.3, 0.4) is 0 Å². The summed E-state index contributed by atoms with van der Waals surface area (Å²) in [5, 5.41) is 10.2. The monoisotopic (exact) mass is 220 g/mol. The van der Waals surface area contributed by atoms with Crippen molar-refractivity contribution in [1.29, 1.82) is 0 Å². The molecule has 0 spiro atoms. The number of hydrogen-bond donors (Lipinski definition) is 1. The molecule has 78 valence electrons. The van der Waals surface area contributed by atoms with Crippen LogP contribution >= 0.6 is 12.2 Å². The smallest absolute Gasteiger partial charge is 0.238 e. The number of hydrogen-bond acceptors (Lipinski definition) is 3. The number of aromatic amines is 1. The van der Waals surface area contributed by atoms with Gasteiger partial charge in [-0.1, -0.05) is 40.6 Å². The van der Waals surface area contributed by atoms with E-state index in [-0.39, 0.29) is 6.04 Å². The van der Waals surface area contributed by atoms with Crippen molar-refractivity contribution in [2.24, 2.45) is 0 Å². The van der Waals surface area contributed by atoms with Gasteiger partial charge in [0.25, 0.3) is 0 Å². The zero-order valence-electron chi connectivity index (χ0n) is 8.42. The van der Waals surface area contributed by atoms with Gasteiger partial charge in [0, 0.05) is 0 Å². The Bertz CT molecular complexity index is 473. The second-order valence-corrected chi connectivity index (χ2v) is 3.86. The zero-order chi connectivity index (χ0) is 10.7. The predicted molar refractivity (Wildman–Crippen MR) is 60.1 cm³/mol. The Morgan fingerprint density at radius 1 is 1.40 bits per heavy atom. The molecule has 0 bridgehead atoms. The molecule has 1 heterocycles. The fraction of sp³-hybridized carbons (Fsp3) is 0.300. The van der Waals surface area contributed by atoms with Gasteiger partial charge in [-0.2, -0.15) is 5.21 Å². The van der Waals surface area contributed by atoms with E-state index < -0.39 is 0 Å². The molecular formula is C10H12N4S. The van der Waals surface area contributed by atoms with Crippen LogP contribution in [0.4, 0.5) is 0 Å². The third-order valence-electron chi connectivity index (χ3n) is 2.31. The van der Waals surface area contributed by atoms with Crippen molar-refractivity contribution in [2.75, 3.05) is 0 Å². The fourth-order valence-corrected chi connectivity index (χ4v) is 1.80. The molecule has 0 aliphatic rings. The van der Waals surface area contributed by atoms with E-state index in [1.54, 1.807) is 4.68 Å². The van der Waals surface area contributed by atoms with Crippen molar-refractivity contribution in [3.05, 3.63) is 40.7 Å². The standard InChI is InChI=1S/C10H12N4S/c1-8(14-10(15)11-12-13-14)7-9-5-3-2-4-6-9/h2-6,8H,7H2,1H3,(H,11,13,15). The highest BCUT2D eigenvalue weighted by atomic mass is 32.1. The summed E-state index contributed by atoms with van der Waals surface area (Å²) in [6.45, 7) is 2.09. The van der Waals surface area contributed by atoms with Crippen molar-refractivity contribution < 1.29 is 0 Å². The summed E-state index contributed by atoms with van der Waals surface area (Å²) in [6, 6.07) is 10.5. The van der Waals surface area contributed by atoms with Crippen LogP contribution in [-0.4, -0.2) is 20.2 Å². The lowest BCUT2D eigenvalue weighted by Crippen LogP contribution is -2.10. The molecule has 0 fully saturated rings. The van der Waals surface area contributed by atoms with Crippen molar-refractivity contribution in [1.82, 2.24) is 20.2 Å². The van der Waals surface area contributed by atoms with Crippen LogP contribution in [-0.2, 0) is 6.42 Å². The number of rotatable bonds is 3. The Morgan fingerprint density at radius 3 is 2.73 bits per heavy atom. The summed E-state index contributed by atoms with van der Waals surface area (Å²) >= 11 is 5.04. The minimum Gasteiger partial charge on any atom is -0.239 e. The largest absolute Gasteiger partial charge is 0.239 e. The molecule has 1 atom stereocenters. The van der Waals surface area contributed by atoms with Gasteiger partial charge in [0.2, 0.25) is 4.77 Å². The molecule has 4 nitrogen and oxygen atoms in total. The van der Waals surface area contributed by atoms with Gasteiger partial charge < -0.3 is 0 Å². The topological polar surface area (TPSA) is 46.5 Å². The maximum Gasteiger partial charge on any atom is 0.238 e. The SMILES string of the molecule is CC(Cc1ccccc1)n1[nH]nnc1=S. The summed E-state index contributed by atoms with van der Waals surface area (Å²) in [5.41, 5.74) is 1.28. The molecule has 0 saturated carbocycles. The molecule has 1 aromatic heterocycles. The second-order valence-electron chi connectivity index (χ2n) is 3.49. The maximum atomic E-state index is 5.04. The van der Waals surface area contributed by atoms with Crippen LogP contribution in [0.15, 0.2) is 30.3 Å². The number of benzene rings is 1. The third-order valence-corrected chi connectivity index (χ3v) is 2.59. The van der Waals surface area contributed by atoms with Gasteiger partial charge >= 0.3 is 0 Å². The van der Waals surface area contributed by atoms with Crippen LogP contribution in [0, 0.1) is 4.77 Å². The fourth-order valence-electron chi connectivity index (χ4n) is 1.54. The predicted octanol–water partition coefficient (Wildman–Crippen LogP) is 2.14. The average molecular weight is 220 g/mol. The lowest BCUT2D eigenvalue weighted by atomic mass is 10.1.